The number of rotatable bonds is 12. The van der Waals surface area contributed by atoms with Gasteiger partial charge in [-0.3, -0.25) is 9.80 Å². The van der Waals surface area contributed by atoms with Crippen LogP contribution in [-0.4, -0.2) is 60.1 Å². The average Bonchev–Trinajstić information content (AvgIpc) is 3.97. The van der Waals surface area contributed by atoms with Crippen LogP contribution >= 0.6 is 0 Å². The first-order valence-corrected chi connectivity index (χ1v) is 22.3. The summed E-state index contributed by atoms with van der Waals surface area (Å²) in [5, 5.41) is 13.0. The molecule has 5 fully saturated rings. The molecule has 292 valence electrons. The smallest absolute Gasteiger partial charge is 0.315 e. The van der Waals surface area contributed by atoms with E-state index in [1.54, 1.807) is 22.3 Å². The maximum Gasteiger partial charge on any atom is 0.315 e. The summed E-state index contributed by atoms with van der Waals surface area (Å²) in [7, 11) is 0. The fourth-order valence-electron chi connectivity index (χ4n) is 12.4. The van der Waals surface area contributed by atoms with E-state index in [0.29, 0.717) is 48.1 Å². The van der Waals surface area contributed by atoms with Crippen molar-refractivity contribution in [2.75, 3.05) is 26.2 Å². The van der Waals surface area contributed by atoms with E-state index in [1.807, 2.05) is 0 Å². The number of nitrogens with zero attached hydrogens (tertiary/aromatic N) is 2. The van der Waals surface area contributed by atoms with Crippen molar-refractivity contribution in [2.45, 2.75) is 152 Å². The summed E-state index contributed by atoms with van der Waals surface area (Å²) in [4.78, 5) is 31.2. The van der Waals surface area contributed by atoms with E-state index in [1.165, 1.54) is 77.3 Å². The quantitative estimate of drug-likeness (QED) is 0.175. The molecular formula is C46H66N6O2. The van der Waals surface area contributed by atoms with E-state index in [-0.39, 0.29) is 12.1 Å². The molecule has 3 saturated carbocycles. The Bertz CT molecular complexity index is 1410. The lowest BCUT2D eigenvalue weighted by Gasteiger charge is -2.32. The van der Waals surface area contributed by atoms with Crippen molar-refractivity contribution in [2.24, 2.45) is 23.7 Å². The molecule has 54 heavy (non-hydrogen) atoms. The van der Waals surface area contributed by atoms with E-state index < -0.39 is 0 Å². The summed E-state index contributed by atoms with van der Waals surface area (Å²) >= 11 is 0. The van der Waals surface area contributed by atoms with Gasteiger partial charge < -0.3 is 21.3 Å². The predicted molar refractivity (Wildman–Crippen MR) is 215 cm³/mol. The first-order valence-electron chi connectivity index (χ1n) is 22.3. The van der Waals surface area contributed by atoms with E-state index in [2.05, 4.69) is 79.6 Å². The van der Waals surface area contributed by atoms with Crippen molar-refractivity contribution in [1.29, 1.82) is 0 Å². The average molecular weight is 735 g/mol. The molecule has 2 saturated heterocycles. The van der Waals surface area contributed by atoms with E-state index in [9.17, 15) is 9.59 Å². The zero-order chi connectivity index (χ0) is 36.4. The molecule has 2 aromatic carbocycles. The van der Waals surface area contributed by atoms with Crippen LogP contribution in [0.5, 0.6) is 0 Å². The van der Waals surface area contributed by atoms with Gasteiger partial charge in [-0.25, -0.2) is 9.59 Å². The lowest BCUT2D eigenvalue weighted by atomic mass is 9.82. The zero-order valence-electron chi connectivity index (χ0n) is 32.7. The Morgan fingerprint density at radius 3 is 1.09 bits per heavy atom. The van der Waals surface area contributed by atoms with E-state index in [4.69, 9.17) is 0 Å². The number of urea groups is 2. The molecule has 8 heteroatoms. The SMILES string of the molecule is O=C(NCC1CCC(CNC(=O)NC2CCC(CCN3[C@@H]4CC[C@H]3c3ccccc34)CC2)CC1)NC1CCC(CCN2[C@@H]3CC[C@H]2c2ccccc23)CC1. The summed E-state index contributed by atoms with van der Waals surface area (Å²) in [6.45, 7) is 3.96. The number of carbonyl (C=O) groups excluding carboxylic acids is 2. The third-order valence-corrected chi connectivity index (χ3v) is 15.5. The van der Waals surface area contributed by atoms with Gasteiger partial charge >= 0.3 is 12.1 Å². The number of hydrogen-bond acceptors (Lipinski definition) is 4. The van der Waals surface area contributed by atoms with Crippen molar-refractivity contribution < 1.29 is 9.59 Å². The van der Waals surface area contributed by atoms with Crippen LogP contribution in [-0.2, 0) is 0 Å². The summed E-state index contributed by atoms with van der Waals surface area (Å²) in [5.74, 6) is 2.65. The number of benzene rings is 2. The summed E-state index contributed by atoms with van der Waals surface area (Å²) < 4.78 is 0. The highest BCUT2D eigenvalue weighted by Gasteiger charge is 2.44. The van der Waals surface area contributed by atoms with Crippen LogP contribution in [0, 0.1) is 23.7 Å². The fraction of sp³-hybridized carbons (Fsp3) is 0.696. The molecule has 9 rings (SSSR count). The maximum atomic E-state index is 12.8. The summed E-state index contributed by atoms with van der Waals surface area (Å²) in [5.41, 5.74) is 6.34. The number of hydrogen-bond donors (Lipinski definition) is 4. The molecule has 7 aliphatic rings. The molecule has 0 radical (unpaired) electrons. The van der Waals surface area contributed by atoms with E-state index in [0.717, 1.165) is 76.3 Å². The Kier molecular flexibility index (Phi) is 11.2. The van der Waals surface area contributed by atoms with Crippen LogP contribution in [0.1, 0.15) is 162 Å². The second-order valence-corrected chi connectivity index (χ2v) is 18.6. The van der Waals surface area contributed by atoms with Gasteiger partial charge in [-0.05, 0) is 175 Å². The second-order valence-electron chi connectivity index (χ2n) is 18.6. The Labute approximate surface area is 324 Å². The van der Waals surface area contributed by atoms with Crippen molar-refractivity contribution in [3.63, 3.8) is 0 Å². The van der Waals surface area contributed by atoms with Crippen molar-refractivity contribution >= 4 is 12.1 Å². The van der Waals surface area contributed by atoms with Crippen molar-refractivity contribution in [1.82, 2.24) is 31.1 Å². The minimum absolute atomic E-state index is 0.0174. The van der Waals surface area contributed by atoms with Gasteiger partial charge in [-0.2, -0.15) is 0 Å². The Morgan fingerprint density at radius 2 is 0.759 bits per heavy atom. The molecule has 2 aromatic rings. The van der Waals surface area contributed by atoms with Gasteiger partial charge in [0.25, 0.3) is 0 Å². The first-order chi connectivity index (χ1) is 26.6. The number of carbonyl (C=O) groups is 2. The highest BCUT2D eigenvalue weighted by molar-refractivity contribution is 5.74. The van der Waals surface area contributed by atoms with E-state index >= 15 is 0 Å². The fourth-order valence-corrected chi connectivity index (χ4v) is 12.4. The molecule has 0 aromatic heterocycles. The van der Waals surface area contributed by atoms with Gasteiger partial charge in [0.05, 0.1) is 0 Å². The second kappa shape index (κ2) is 16.6. The highest BCUT2D eigenvalue weighted by atomic mass is 16.2. The zero-order valence-corrected chi connectivity index (χ0v) is 32.7. The molecule has 8 nitrogen and oxygen atoms in total. The third kappa shape index (κ3) is 7.94. The Balaban J connectivity index is 0.594. The maximum absolute atomic E-state index is 12.8. The van der Waals surface area contributed by atoms with Gasteiger partial charge in [0.15, 0.2) is 0 Å². The normalized spacial score (nSPS) is 34.3. The molecular weight excluding hydrogens is 669 g/mol. The van der Waals surface area contributed by atoms with Gasteiger partial charge in [0, 0.05) is 49.3 Å². The number of amides is 4. The molecule has 4 atom stereocenters. The molecule has 4 amide bonds. The first kappa shape index (κ1) is 36.5. The number of fused-ring (bicyclic) bond motifs is 10. The summed E-state index contributed by atoms with van der Waals surface area (Å²) in [6.07, 6.45) is 21.7. The minimum Gasteiger partial charge on any atom is -0.338 e. The third-order valence-electron chi connectivity index (χ3n) is 15.5. The molecule has 4 heterocycles. The molecule has 0 unspecified atom stereocenters. The predicted octanol–water partition coefficient (Wildman–Crippen LogP) is 9.07. The van der Waals surface area contributed by atoms with Crippen molar-refractivity contribution in [3.05, 3.63) is 70.8 Å². The highest BCUT2D eigenvalue weighted by Crippen LogP contribution is 2.54. The Hall–Kier alpha value is -3.10. The Morgan fingerprint density at radius 1 is 0.444 bits per heavy atom. The lowest BCUT2D eigenvalue weighted by Crippen LogP contribution is -2.46. The molecule has 4 bridgehead atoms. The largest absolute Gasteiger partial charge is 0.338 e. The van der Waals surface area contributed by atoms with Gasteiger partial charge in [-0.15, -0.1) is 0 Å². The van der Waals surface area contributed by atoms with Crippen LogP contribution in [0.2, 0.25) is 0 Å². The monoisotopic (exact) mass is 735 g/mol. The lowest BCUT2D eigenvalue weighted by molar-refractivity contribution is 0.184. The van der Waals surface area contributed by atoms with Crippen LogP contribution in [0.3, 0.4) is 0 Å². The molecule has 3 aliphatic carbocycles. The van der Waals surface area contributed by atoms with Crippen LogP contribution < -0.4 is 21.3 Å². The minimum atomic E-state index is 0.0174. The summed E-state index contributed by atoms with van der Waals surface area (Å²) in [6, 6.07) is 21.5. The molecule has 4 aliphatic heterocycles. The standard InChI is InChI=1S/C46H66N6O2/c53-45(49-35-17-13-31(14-18-35)25-27-51-41-21-22-42(51)38-6-2-1-5-37(38)41)47-29-33-9-11-34(12-10-33)30-48-46(54)50-36-19-15-32(16-20-36)26-28-52-43-23-24-44(52)40-8-4-3-7-39(40)43/h1-8,31-36,41-44H,9-30H2,(H2,47,49,53)(H2,48,50,54)/t31?,32?,33?,34?,35?,36?,41-,42+,43-,44+. The van der Waals surface area contributed by atoms with Crippen molar-refractivity contribution in [3.8, 4) is 0 Å². The van der Waals surface area contributed by atoms with Crippen LogP contribution in [0.4, 0.5) is 9.59 Å². The topological polar surface area (TPSA) is 88.7 Å². The number of nitrogens with one attached hydrogen (secondary N) is 4. The van der Waals surface area contributed by atoms with Crippen LogP contribution in [0.15, 0.2) is 48.5 Å². The molecule has 4 N–H and O–H groups in total. The van der Waals surface area contributed by atoms with Gasteiger partial charge in [0.1, 0.15) is 0 Å². The van der Waals surface area contributed by atoms with Crippen LogP contribution in [0.25, 0.3) is 0 Å². The van der Waals surface area contributed by atoms with Gasteiger partial charge in [-0.1, -0.05) is 48.5 Å². The van der Waals surface area contributed by atoms with Gasteiger partial charge in [0.2, 0.25) is 0 Å². The molecule has 0 spiro atoms.